The number of hydrogen-bond acceptors (Lipinski definition) is 4. The first kappa shape index (κ1) is 26.7. The van der Waals surface area contributed by atoms with Crippen molar-refractivity contribution in [2.45, 2.75) is 103 Å². The molecule has 1 heterocycles. The third-order valence-electron chi connectivity index (χ3n) is 6.86. The van der Waals surface area contributed by atoms with Crippen LogP contribution in [0, 0.1) is 0 Å². The fourth-order valence-corrected chi connectivity index (χ4v) is 5.68. The maximum atomic E-state index is 12.7. The van der Waals surface area contributed by atoms with Crippen LogP contribution in [-0.4, -0.2) is 19.1 Å². The second-order valence-electron chi connectivity index (χ2n) is 10.0. The van der Waals surface area contributed by atoms with Crippen molar-refractivity contribution in [1.29, 1.82) is 0 Å². The van der Waals surface area contributed by atoms with Crippen molar-refractivity contribution in [2.75, 3.05) is 19.0 Å². The van der Waals surface area contributed by atoms with Crippen molar-refractivity contribution in [1.82, 2.24) is 4.98 Å². The Morgan fingerprint density at radius 3 is 1.94 bits per heavy atom. The molecule has 0 atom stereocenters. The van der Waals surface area contributed by atoms with E-state index in [1.165, 1.54) is 83.5 Å². The summed E-state index contributed by atoms with van der Waals surface area (Å²) < 4.78 is 1.12. The van der Waals surface area contributed by atoms with Gasteiger partial charge in [-0.05, 0) is 37.1 Å². The maximum Gasteiger partial charge on any atom is 0.183 e. The third kappa shape index (κ3) is 8.37. The molecule has 1 aliphatic carbocycles. The fourth-order valence-electron chi connectivity index (χ4n) is 4.67. The van der Waals surface area contributed by atoms with E-state index in [1.54, 1.807) is 17.4 Å². The highest BCUT2D eigenvalue weighted by atomic mass is 32.1. The number of fused-ring (bicyclic) bond motifs is 2. The van der Waals surface area contributed by atoms with Gasteiger partial charge in [0.2, 0.25) is 0 Å². The highest BCUT2D eigenvalue weighted by molar-refractivity contribution is 7.21. The average molecular weight is 481 g/mol. The van der Waals surface area contributed by atoms with E-state index in [9.17, 15) is 4.79 Å². The zero-order valence-electron chi connectivity index (χ0n) is 21.7. The van der Waals surface area contributed by atoms with Gasteiger partial charge in [-0.3, -0.25) is 4.79 Å². The number of hydrogen-bond donors (Lipinski definition) is 0. The minimum Gasteiger partial charge on any atom is -0.378 e. The highest BCUT2D eigenvalue weighted by Gasteiger charge is 2.12. The molecule has 0 aromatic heterocycles. The standard InChI is InChI=1S/C30H44N2OS/c1-4-5-6-7-8-9-10-11-12-13-14-15-16-17-18-24-21-27-30(23-28(24)33)34-29-22-25(32(2)3)19-20-26(29)31-27/h19-23H,4-18H2,1-3H3. The molecule has 0 saturated heterocycles. The quantitative estimate of drug-likeness (QED) is 0.152. The van der Waals surface area contributed by atoms with E-state index in [-0.39, 0.29) is 5.43 Å². The number of anilines is 1. The normalized spacial score (nSPS) is 11.5. The lowest BCUT2D eigenvalue weighted by molar-refractivity contribution is 0.535. The molecular formula is C30H44N2OS. The van der Waals surface area contributed by atoms with Crippen LogP contribution in [0.1, 0.15) is 102 Å². The monoisotopic (exact) mass is 480 g/mol. The number of aromatic nitrogens is 1. The molecule has 0 unspecified atom stereocenters. The van der Waals surface area contributed by atoms with E-state index >= 15 is 0 Å². The highest BCUT2D eigenvalue weighted by Crippen LogP contribution is 2.32. The Kier molecular flexibility index (Phi) is 11.3. The number of aryl methyl sites for hydroxylation is 1. The summed E-state index contributed by atoms with van der Waals surface area (Å²) in [4.78, 5) is 20.6. The van der Waals surface area contributed by atoms with E-state index in [0.29, 0.717) is 0 Å². The molecule has 0 amide bonds. The van der Waals surface area contributed by atoms with E-state index in [2.05, 4.69) is 30.0 Å². The van der Waals surface area contributed by atoms with Gasteiger partial charge >= 0.3 is 0 Å². The van der Waals surface area contributed by atoms with Crippen LogP contribution in [0.5, 0.6) is 0 Å². The van der Waals surface area contributed by atoms with Crippen LogP contribution in [-0.2, 0) is 6.42 Å². The van der Waals surface area contributed by atoms with Gasteiger partial charge in [-0.1, -0.05) is 90.4 Å². The van der Waals surface area contributed by atoms with Crippen molar-refractivity contribution in [3.05, 3.63) is 46.1 Å². The lowest BCUT2D eigenvalue weighted by atomic mass is 10.0. The summed E-state index contributed by atoms with van der Waals surface area (Å²) in [5, 5.41) is 0. The Morgan fingerprint density at radius 2 is 1.35 bits per heavy atom. The van der Waals surface area contributed by atoms with Crippen LogP contribution in [0.4, 0.5) is 5.69 Å². The van der Waals surface area contributed by atoms with Crippen LogP contribution in [0.2, 0.25) is 0 Å². The number of nitrogens with zero attached hydrogens (tertiary/aromatic N) is 2. The Balaban J connectivity index is 1.36. The molecule has 0 N–H and O–H groups in total. The topological polar surface area (TPSA) is 33.2 Å². The molecule has 1 aliphatic heterocycles. The van der Waals surface area contributed by atoms with Gasteiger partial charge in [0.25, 0.3) is 0 Å². The first-order valence-electron chi connectivity index (χ1n) is 13.6. The van der Waals surface area contributed by atoms with E-state index in [4.69, 9.17) is 4.98 Å². The van der Waals surface area contributed by atoms with Crippen LogP contribution in [0.3, 0.4) is 0 Å². The second-order valence-corrected chi connectivity index (χ2v) is 11.1. The minimum atomic E-state index is 0.170. The molecule has 0 saturated carbocycles. The van der Waals surface area contributed by atoms with Crippen LogP contribution < -0.4 is 10.3 Å². The first-order chi connectivity index (χ1) is 16.6. The fraction of sp³-hybridized carbons (Fsp3) is 0.600. The third-order valence-corrected chi connectivity index (χ3v) is 7.96. The zero-order valence-corrected chi connectivity index (χ0v) is 22.5. The van der Waals surface area contributed by atoms with Crippen LogP contribution in [0.15, 0.2) is 35.1 Å². The minimum absolute atomic E-state index is 0.170. The molecule has 34 heavy (non-hydrogen) atoms. The molecule has 1 aromatic carbocycles. The van der Waals surface area contributed by atoms with Crippen molar-refractivity contribution in [2.24, 2.45) is 0 Å². The summed E-state index contributed by atoms with van der Waals surface area (Å²) in [5.74, 6) is 0. The predicted octanol–water partition coefficient (Wildman–Crippen LogP) is 8.85. The lowest BCUT2D eigenvalue weighted by Gasteiger charge is -2.14. The zero-order chi connectivity index (χ0) is 24.2. The van der Waals surface area contributed by atoms with Gasteiger partial charge in [-0.15, -0.1) is 11.3 Å². The van der Waals surface area contributed by atoms with Crippen molar-refractivity contribution in [3.8, 4) is 10.6 Å². The summed E-state index contributed by atoms with van der Waals surface area (Å²) in [6.45, 7) is 2.28. The molecule has 186 valence electrons. The summed E-state index contributed by atoms with van der Waals surface area (Å²) in [5.41, 5.74) is 4.21. The van der Waals surface area contributed by atoms with Crippen LogP contribution >= 0.6 is 11.3 Å². The van der Waals surface area contributed by atoms with Gasteiger partial charge in [0.15, 0.2) is 5.43 Å². The molecule has 0 spiro atoms. The molecule has 2 aliphatic rings. The van der Waals surface area contributed by atoms with Gasteiger partial charge in [0.05, 0.1) is 20.8 Å². The maximum absolute atomic E-state index is 12.7. The summed E-state index contributed by atoms with van der Waals surface area (Å²) in [6.07, 6.45) is 19.9. The van der Waals surface area contributed by atoms with E-state index in [0.717, 1.165) is 44.9 Å². The largest absolute Gasteiger partial charge is 0.378 e. The number of benzene rings is 2. The van der Waals surface area contributed by atoms with Crippen molar-refractivity contribution < 1.29 is 0 Å². The molecule has 0 bridgehead atoms. The Morgan fingerprint density at radius 1 is 0.765 bits per heavy atom. The van der Waals surface area contributed by atoms with Gasteiger partial charge in [0, 0.05) is 31.4 Å². The van der Waals surface area contributed by atoms with Gasteiger partial charge < -0.3 is 4.90 Å². The molecule has 0 radical (unpaired) electrons. The molecule has 3 nitrogen and oxygen atoms in total. The summed E-state index contributed by atoms with van der Waals surface area (Å²) in [7, 11) is 4.08. The Bertz CT molecular complexity index is 1030. The predicted molar refractivity (Wildman–Crippen MR) is 151 cm³/mol. The van der Waals surface area contributed by atoms with Crippen molar-refractivity contribution in [3.63, 3.8) is 0 Å². The smallest absolute Gasteiger partial charge is 0.183 e. The molecule has 0 fully saturated rings. The molecule has 4 heteroatoms. The lowest BCUT2D eigenvalue weighted by Crippen LogP contribution is -2.09. The number of rotatable bonds is 16. The SMILES string of the molecule is CCCCCCCCCCCCCCCCc1cc2nc3ccc(N(C)C)cc3sc-2cc1=O. The van der Waals surface area contributed by atoms with Gasteiger partial charge in [-0.2, -0.15) is 0 Å². The first-order valence-corrected chi connectivity index (χ1v) is 14.4. The van der Waals surface area contributed by atoms with Crippen molar-refractivity contribution >= 4 is 27.2 Å². The average Bonchev–Trinajstić information content (AvgIpc) is 2.83. The molecular weight excluding hydrogens is 436 g/mol. The van der Waals surface area contributed by atoms with E-state index < -0.39 is 0 Å². The number of unbranched alkanes of at least 4 members (excludes halogenated alkanes) is 13. The Labute approximate surface area is 211 Å². The summed E-state index contributed by atoms with van der Waals surface area (Å²) in [6, 6.07) is 10.2. The Hall–Kier alpha value is -1.94. The molecule has 1 aromatic rings. The summed E-state index contributed by atoms with van der Waals surface area (Å²) >= 11 is 1.66. The molecule has 3 rings (SSSR count). The van der Waals surface area contributed by atoms with Gasteiger partial charge in [0.1, 0.15) is 0 Å². The van der Waals surface area contributed by atoms with E-state index in [1.807, 2.05) is 20.2 Å². The van der Waals surface area contributed by atoms with Crippen LogP contribution in [0.25, 0.3) is 20.8 Å². The van der Waals surface area contributed by atoms with Gasteiger partial charge in [-0.25, -0.2) is 4.98 Å². The second kappa shape index (κ2) is 14.5.